The summed E-state index contributed by atoms with van der Waals surface area (Å²) in [6, 6.07) is -1.03. The molecule has 1 aliphatic rings. The van der Waals surface area contributed by atoms with Gasteiger partial charge in [0.25, 0.3) is 0 Å². The molecule has 0 aromatic rings. The second-order valence-corrected chi connectivity index (χ2v) is 22.8. The van der Waals surface area contributed by atoms with Crippen LogP contribution in [0.1, 0.15) is 297 Å². The topological polar surface area (TPSA) is 175 Å². The van der Waals surface area contributed by atoms with Gasteiger partial charge in [0.1, 0.15) is 24.4 Å². The van der Waals surface area contributed by atoms with Gasteiger partial charge < -0.3 is 45.1 Å². The van der Waals surface area contributed by atoms with Gasteiger partial charge in [0, 0.05) is 6.42 Å². The average molecular weight is 1110 g/mol. The Bertz CT molecular complexity index is 1510. The number of aliphatic hydroxyl groups is 5. The molecule has 0 saturated carbocycles. The first-order valence-electron chi connectivity index (χ1n) is 33.1. The van der Waals surface area contributed by atoms with Crippen LogP contribution < -0.4 is 5.32 Å². The number of hydrogen-bond acceptors (Lipinski definition) is 10. The fraction of sp³-hybridized carbons (Fsp3) is 0.824. The van der Waals surface area contributed by atoms with Gasteiger partial charge in [-0.15, -0.1) is 0 Å². The van der Waals surface area contributed by atoms with Crippen molar-refractivity contribution in [2.45, 2.75) is 346 Å². The maximum Gasteiger partial charge on any atom is 0.306 e. The van der Waals surface area contributed by atoms with E-state index in [1.54, 1.807) is 6.08 Å². The monoisotopic (exact) mass is 1110 g/mol. The largest absolute Gasteiger partial charge is 0.454 e. The lowest BCUT2D eigenvalue weighted by atomic mass is 9.99. The minimum Gasteiger partial charge on any atom is -0.454 e. The van der Waals surface area contributed by atoms with Crippen LogP contribution >= 0.6 is 0 Å². The molecule has 11 heteroatoms. The molecule has 6 N–H and O–H groups in total. The van der Waals surface area contributed by atoms with Crippen LogP contribution in [0.3, 0.4) is 0 Å². The molecule has 1 heterocycles. The van der Waals surface area contributed by atoms with Gasteiger partial charge in [-0.25, -0.2) is 0 Å². The van der Waals surface area contributed by atoms with Crippen molar-refractivity contribution in [2.24, 2.45) is 0 Å². The van der Waals surface area contributed by atoms with Gasteiger partial charge >= 0.3 is 5.97 Å². The Morgan fingerprint density at radius 1 is 0.494 bits per heavy atom. The van der Waals surface area contributed by atoms with Gasteiger partial charge in [-0.05, 0) is 89.9 Å². The minimum absolute atomic E-state index is 0.119. The summed E-state index contributed by atoms with van der Waals surface area (Å²) in [5.74, 6) is -1.21. The van der Waals surface area contributed by atoms with Crippen molar-refractivity contribution in [2.75, 3.05) is 13.2 Å². The van der Waals surface area contributed by atoms with E-state index in [1.165, 1.54) is 180 Å². The van der Waals surface area contributed by atoms with Crippen molar-refractivity contribution in [1.29, 1.82) is 0 Å². The highest BCUT2D eigenvalue weighted by Crippen LogP contribution is 2.26. The first-order valence-corrected chi connectivity index (χ1v) is 33.1. The molecule has 0 spiro atoms. The van der Waals surface area contributed by atoms with Crippen LogP contribution in [0.4, 0.5) is 0 Å². The Balaban J connectivity index is 2.59. The zero-order valence-corrected chi connectivity index (χ0v) is 51.0. The third-order valence-electron chi connectivity index (χ3n) is 15.4. The molecule has 1 aliphatic heterocycles. The predicted molar refractivity (Wildman–Crippen MR) is 329 cm³/mol. The quantitative estimate of drug-likeness (QED) is 0.0195. The number of amides is 1. The molecule has 11 nitrogen and oxygen atoms in total. The molecule has 1 fully saturated rings. The van der Waals surface area contributed by atoms with Gasteiger partial charge in [0.15, 0.2) is 12.4 Å². The first-order chi connectivity index (χ1) is 38.7. The zero-order chi connectivity index (χ0) is 57.5. The number of unbranched alkanes of at least 4 members (excludes halogenated alkanes) is 34. The van der Waals surface area contributed by atoms with Crippen molar-refractivity contribution in [1.82, 2.24) is 5.32 Å². The van der Waals surface area contributed by atoms with Gasteiger partial charge in [-0.3, -0.25) is 9.59 Å². The number of esters is 1. The average Bonchev–Trinajstić information content (AvgIpc) is 3.49. The summed E-state index contributed by atoms with van der Waals surface area (Å²) >= 11 is 0. The van der Waals surface area contributed by atoms with Crippen LogP contribution in [0.5, 0.6) is 0 Å². The summed E-state index contributed by atoms with van der Waals surface area (Å²) in [4.78, 5) is 26.6. The summed E-state index contributed by atoms with van der Waals surface area (Å²) in [7, 11) is 0. The molecule has 0 aromatic heterocycles. The Morgan fingerprint density at radius 2 is 0.873 bits per heavy atom. The van der Waals surface area contributed by atoms with E-state index in [4.69, 9.17) is 14.2 Å². The highest BCUT2D eigenvalue weighted by Gasteiger charge is 2.47. The van der Waals surface area contributed by atoms with E-state index in [1.807, 2.05) is 6.08 Å². The third-order valence-corrected chi connectivity index (χ3v) is 15.4. The number of carbonyl (C=O) groups is 2. The lowest BCUT2D eigenvalue weighted by Crippen LogP contribution is -2.61. The molecule has 0 radical (unpaired) electrons. The highest BCUT2D eigenvalue weighted by molar-refractivity contribution is 5.80. The maximum atomic E-state index is 13.4. The molecule has 1 amide bonds. The molecule has 0 aliphatic carbocycles. The predicted octanol–water partition coefficient (Wildman–Crippen LogP) is 16.2. The van der Waals surface area contributed by atoms with Crippen LogP contribution in [-0.2, 0) is 23.8 Å². The van der Waals surface area contributed by atoms with E-state index in [2.05, 4.69) is 74.7 Å². The number of ether oxygens (including phenoxy) is 3. The van der Waals surface area contributed by atoms with Gasteiger partial charge in [0.2, 0.25) is 5.91 Å². The van der Waals surface area contributed by atoms with Gasteiger partial charge in [-0.2, -0.15) is 0 Å². The minimum atomic E-state index is -1.62. The number of aliphatic hydroxyl groups excluding tert-OH is 5. The summed E-state index contributed by atoms with van der Waals surface area (Å²) in [6.45, 7) is 5.76. The molecular formula is C68H123NO10. The van der Waals surface area contributed by atoms with Crippen LogP contribution in [0, 0.1) is 0 Å². The molecule has 1 saturated heterocycles. The van der Waals surface area contributed by atoms with Crippen molar-refractivity contribution < 1.29 is 49.3 Å². The van der Waals surface area contributed by atoms with Crippen LogP contribution in [-0.4, -0.2) is 99.6 Å². The molecule has 8 atom stereocenters. The van der Waals surface area contributed by atoms with E-state index in [0.717, 1.165) is 70.6 Å². The van der Waals surface area contributed by atoms with Crippen LogP contribution in [0.2, 0.25) is 0 Å². The van der Waals surface area contributed by atoms with Crippen molar-refractivity contribution >= 4 is 11.9 Å². The fourth-order valence-corrected chi connectivity index (χ4v) is 10.1. The fourth-order valence-electron chi connectivity index (χ4n) is 10.1. The van der Waals surface area contributed by atoms with Gasteiger partial charge in [-0.1, -0.05) is 261 Å². The number of hydrogen-bond donors (Lipinski definition) is 6. The Labute approximate surface area is 484 Å². The van der Waals surface area contributed by atoms with E-state index >= 15 is 0 Å². The van der Waals surface area contributed by atoms with Crippen LogP contribution in [0.15, 0.2) is 60.8 Å². The summed E-state index contributed by atoms with van der Waals surface area (Å²) in [5, 5.41) is 57.0. The number of rotatable bonds is 56. The zero-order valence-electron chi connectivity index (χ0n) is 51.0. The Hall–Kier alpha value is -2.64. The van der Waals surface area contributed by atoms with Crippen molar-refractivity contribution in [3.63, 3.8) is 0 Å². The molecule has 0 aromatic carbocycles. The standard InChI is InChI=1S/C68H123NO10/c1-4-7-10-13-16-19-22-25-26-27-28-29-30-31-32-33-34-35-36-38-41-44-47-50-53-56-63(73)79-66-65(75)64(74)62(57-70)78-68(66)77-58-59(60(71)54-51-48-45-42-39-24-21-18-15-12-9-6-3)69-67(76)61(72)55-52-49-46-43-40-37-23-20-17-14-11-8-5-2/h16,19,25-26,28-29,40,43,51,54,59-62,64-66,68,70-72,74-75H,4-15,17-18,20-24,27,30-39,41-42,44-50,52-53,55-58H2,1-3H3,(H,69,76)/b19-16-,26-25-,29-28-,43-40-,54-51+. The van der Waals surface area contributed by atoms with Crippen molar-refractivity contribution in [3.05, 3.63) is 60.8 Å². The van der Waals surface area contributed by atoms with E-state index in [-0.39, 0.29) is 19.4 Å². The second kappa shape index (κ2) is 55.9. The Kier molecular flexibility index (Phi) is 52.6. The summed E-state index contributed by atoms with van der Waals surface area (Å²) < 4.78 is 17.6. The maximum absolute atomic E-state index is 13.4. The lowest BCUT2D eigenvalue weighted by molar-refractivity contribution is -0.305. The molecule has 79 heavy (non-hydrogen) atoms. The van der Waals surface area contributed by atoms with E-state index in [0.29, 0.717) is 12.8 Å². The molecule has 0 bridgehead atoms. The van der Waals surface area contributed by atoms with Gasteiger partial charge in [0.05, 0.1) is 25.4 Å². The highest BCUT2D eigenvalue weighted by atomic mass is 16.7. The number of nitrogens with one attached hydrogen (secondary N) is 1. The van der Waals surface area contributed by atoms with E-state index < -0.39 is 67.4 Å². The summed E-state index contributed by atoms with van der Waals surface area (Å²) in [5.41, 5.74) is 0. The molecule has 460 valence electrons. The van der Waals surface area contributed by atoms with Crippen molar-refractivity contribution in [3.8, 4) is 0 Å². The number of allylic oxidation sites excluding steroid dienone is 9. The smallest absolute Gasteiger partial charge is 0.306 e. The Morgan fingerprint density at radius 3 is 1.34 bits per heavy atom. The normalized spacial score (nSPS) is 19.2. The lowest BCUT2D eigenvalue weighted by Gasteiger charge is -2.41. The first kappa shape index (κ1) is 74.4. The number of carbonyl (C=O) groups excluding carboxylic acids is 2. The molecular weight excluding hydrogens is 991 g/mol. The molecule has 1 rings (SSSR count). The van der Waals surface area contributed by atoms with Crippen LogP contribution in [0.25, 0.3) is 0 Å². The van der Waals surface area contributed by atoms with E-state index in [9.17, 15) is 35.1 Å². The molecule has 8 unspecified atom stereocenters. The second-order valence-electron chi connectivity index (χ2n) is 22.8. The summed E-state index contributed by atoms with van der Waals surface area (Å²) in [6.07, 6.45) is 59.8. The third kappa shape index (κ3) is 43.7. The SMILES string of the molecule is CCCCC/C=C\C/C=C\C/C=C\CCCCCCCCCCCCCCC(=O)OC1C(OCC(NC(=O)C(O)CCCC/C=C\CCCCCCCCC)C(O)/C=C/CCCCCCCCCCCC)OC(CO)C(O)C1O.